The highest BCUT2D eigenvalue weighted by atomic mass is 16.5. The van der Waals surface area contributed by atoms with Crippen LogP contribution in [0.3, 0.4) is 0 Å². The number of hydrogen-bond acceptors (Lipinski definition) is 4. The van der Waals surface area contributed by atoms with Crippen LogP contribution in [0.5, 0.6) is 0 Å². The van der Waals surface area contributed by atoms with Gasteiger partial charge in [0.05, 0.1) is 0 Å². The molecule has 5 heteroatoms. The molecule has 12 heavy (non-hydrogen) atoms. The van der Waals surface area contributed by atoms with Crippen LogP contribution in [0.15, 0.2) is 0 Å². The molecule has 0 bridgehead atoms. The first-order chi connectivity index (χ1) is 5.15. The normalized spacial score (nSPS) is 8.58. The van der Waals surface area contributed by atoms with Crippen molar-refractivity contribution in [2.24, 2.45) is 0 Å². The lowest BCUT2D eigenvalue weighted by molar-refractivity contribution is -0.134. The van der Waals surface area contributed by atoms with E-state index >= 15 is 0 Å². The van der Waals surface area contributed by atoms with Crippen molar-refractivity contribution in [1.29, 1.82) is 0 Å². The van der Waals surface area contributed by atoms with Gasteiger partial charge in [0.15, 0.2) is 5.79 Å². The number of aliphatic hydroxyl groups is 2. The van der Waals surface area contributed by atoms with Gasteiger partial charge < -0.3 is 20.1 Å². The van der Waals surface area contributed by atoms with Crippen LogP contribution in [0.1, 0.15) is 20.8 Å². The molecule has 0 aliphatic heterocycles. The molecule has 0 aromatic carbocycles. The Morgan fingerprint density at radius 3 is 1.25 bits per heavy atom. The number of carbonyl (C=O) groups is 1. The Bertz CT molecular complexity index is 84.5. The fourth-order valence-electron chi connectivity index (χ4n) is 0. The van der Waals surface area contributed by atoms with E-state index in [1.54, 1.807) is 14.2 Å². The molecule has 0 aliphatic carbocycles. The Morgan fingerprint density at radius 2 is 1.25 bits per heavy atom. The summed E-state index contributed by atoms with van der Waals surface area (Å²) in [5, 5.41) is 23.6. The lowest BCUT2D eigenvalue weighted by Gasteiger charge is -2.03. The van der Waals surface area contributed by atoms with Gasteiger partial charge >= 0.3 is 0 Å². The number of aliphatic carboxylic acids is 1. The van der Waals surface area contributed by atoms with Gasteiger partial charge in [0.25, 0.3) is 5.97 Å². The maximum Gasteiger partial charge on any atom is 0.300 e. The van der Waals surface area contributed by atoms with Gasteiger partial charge in [-0.25, -0.2) is 0 Å². The van der Waals surface area contributed by atoms with E-state index in [1.165, 1.54) is 13.8 Å². The van der Waals surface area contributed by atoms with Gasteiger partial charge in [-0.2, -0.15) is 0 Å². The molecule has 0 aliphatic rings. The van der Waals surface area contributed by atoms with Crippen LogP contribution in [0.25, 0.3) is 0 Å². The number of methoxy groups -OCH3 is 1. The second-order valence-corrected chi connectivity index (χ2v) is 2.42. The second kappa shape index (κ2) is 10.3. The molecule has 76 valence electrons. The van der Waals surface area contributed by atoms with Crippen molar-refractivity contribution in [3.05, 3.63) is 0 Å². The highest BCUT2D eigenvalue weighted by Gasteiger charge is 2.00. The van der Waals surface area contributed by atoms with Gasteiger partial charge in [0, 0.05) is 21.1 Å². The van der Waals surface area contributed by atoms with Gasteiger partial charge in [0.2, 0.25) is 0 Å². The monoisotopic (exact) mass is 182 g/mol. The number of rotatable bonds is 0. The van der Waals surface area contributed by atoms with Crippen LogP contribution in [-0.4, -0.2) is 41.3 Å². The minimum Gasteiger partial charge on any atom is -0.481 e. The molecule has 0 heterocycles. The van der Waals surface area contributed by atoms with Crippen molar-refractivity contribution in [3.63, 3.8) is 0 Å². The zero-order chi connectivity index (χ0) is 10.8. The number of carboxylic acids is 1. The first kappa shape index (κ1) is 17.4. The van der Waals surface area contributed by atoms with Crippen molar-refractivity contribution < 1.29 is 24.9 Å². The second-order valence-electron chi connectivity index (χ2n) is 2.42. The third-order valence-electron chi connectivity index (χ3n) is 0. The maximum atomic E-state index is 9.00. The minimum atomic E-state index is -1.50. The zero-order valence-corrected chi connectivity index (χ0v) is 8.16. The highest BCUT2D eigenvalue weighted by Crippen LogP contribution is 1.88. The van der Waals surface area contributed by atoms with Gasteiger partial charge in [0.1, 0.15) is 0 Å². The number of ether oxygens (including phenoxy) is 1. The maximum absolute atomic E-state index is 9.00. The minimum absolute atomic E-state index is 0.833. The van der Waals surface area contributed by atoms with Crippen LogP contribution in [0.2, 0.25) is 0 Å². The van der Waals surface area contributed by atoms with Crippen LogP contribution < -0.4 is 0 Å². The summed E-state index contributed by atoms with van der Waals surface area (Å²) in [6.45, 7) is 3.68. The highest BCUT2D eigenvalue weighted by molar-refractivity contribution is 5.62. The van der Waals surface area contributed by atoms with E-state index in [0.717, 1.165) is 6.92 Å². The van der Waals surface area contributed by atoms with Gasteiger partial charge in [-0.1, -0.05) is 0 Å². The Labute approximate surface area is 72.6 Å². The third kappa shape index (κ3) is 1540. The molecule has 0 saturated heterocycles. The van der Waals surface area contributed by atoms with Gasteiger partial charge in [-0.3, -0.25) is 4.79 Å². The van der Waals surface area contributed by atoms with Crippen LogP contribution >= 0.6 is 0 Å². The average Bonchev–Trinajstić information content (AvgIpc) is 1.56. The van der Waals surface area contributed by atoms with Crippen molar-refractivity contribution in [2.45, 2.75) is 26.6 Å². The molecular formula is C7H18O5. The Hall–Kier alpha value is -0.650. The molecule has 0 unspecified atom stereocenters. The van der Waals surface area contributed by atoms with Gasteiger partial charge in [-0.15, -0.1) is 0 Å². The molecule has 0 atom stereocenters. The van der Waals surface area contributed by atoms with Crippen molar-refractivity contribution >= 4 is 5.97 Å². The molecule has 0 spiro atoms. The Kier molecular flexibility index (Phi) is 15.0. The van der Waals surface area contributed by atoms with E-state index in [-0.39, 0.29) is 0 Å². The zero-order valence-electron chi connectivity index (χ0n) is 8.16. The molecule has 3 N–H and O–H groups in total. The predicted octanol–water partition coefficient (Wildman–Crippen LogP) is 0.0606. The Balaban J connectivity index is -0.000000105. The van der Waals surface area contributed by atoms with E-state index in [0.29, 0.717) is 0 Å². The fourth-order valence-corrected chi connectivity index (χ4v) is 0. The first-order valence-corrected chi connectivity index (χ1v) is 3.19. The van der Waals surface area contributed by atoms with Crippen molar-refractivity contribution in [1.82, 2.24) is 0 Å². The van der Waals surface area contributed by atoms with Gasteiger partial charge in [-0.05, 0) is 13.8 Å². The predicted molar refractivity (Wildman–Crippen MR) is 44.8 cm³/mol. The molecule has 0 amide bonds. The fraction of sp³-hybridized carbons (Fsp3) is 0.857. The SMILES string of the molecule is CC(=O)O.CC(C)(O)O.COC. The molecule has 0 fully saturated rings. The van der Waals surface area contributed by atoms with E-state index < -0.39 is 11.8 Å². The molecule has 0 aromatic heterocycles. The van der Waals surface area contributed by atoms with Crippen LogP contribution in [0.4, 0.5) is 0 Å². The molecule has 0 rings (SSSR count). The standard InChI is InChI=1S/C3H8O2.C2H4O2.C2H6O/c1-3(2,4)5;1-2(3)4;1-3-2/h4-5H,1-2H3;1H3,(H,3,4);1-2H3. The van der Waals surface area contributed by atoms with Crippen LogP contribution in [0, 0.1) is 0 Å². The third-order valence-corrected chi connectivity index (χ3v) is 0. The summed E-state index contributed by atoms with van der Waals surface area (Å²) in [5.41, 5.74) is 0. The molecule has 0 aromatic rings. The summed E-state index contributed by atoms with van der Waals surface area (Å²) in [6.07, 6.45) is 0. The average molecular weight is 182 g/mol. The molecule has 0 saturated carbocycles. The van der Waals surface area contributed by atoms with Crippen molar-refractivity contribution in [2.75, 3.05) is 14.2 Å². The molecule has 5 nitrogen and oxygen atoms in total. The summed E-state index contributed by atoms with van der Waals surface area (Å²) in [6, 6.07) is 0. The first-order valence-electron chi connectivity index (χ1n) is 3.19. The van der Waals surface area contributed by atoms with E-state index in [1.807, 2.05) is 0 Å². The molecule has 0 radical (unpaired) electrons. The lowest BCUT2D eigenvalue weighted by atomic mass is 10.4. The number of hydrogen-bond donors (Lipinski definition) is 3. The Morgan fingerprint density at radius 1 is 1.25 bits per heavy atom. The summed E-state index contributed by atoms with van der Waals surface area (Å²) >= 11 is 0. The van der Waals surface area contributed by atoms with Crippen molar-refractivity contribution in [3.8, 4) is 0 Å². The number of carboxylic acid groups (broad SMARTS) is 1. The quantitative estimate of drug-likeness (QED) is 0.461. The largest absolute Gasteiger partial charge is 0.481 e. The topological polar surface area (TPSA) is 87.0 Å². The summed E-state index contributed by atoms with van der Waals surface area (Å²) < 4.78 is 4.25. The van der Waals surface area contributed by atoms with E-state index in [2.05, 4.69) is 4.74 Å². The van der Waals surface area contributed by atoms with Crippen LogP contribution in [-0.2, 0) is 9.53 Å². The van der Waals surface area contributed by atoms with E-state index in [4.69, 9.17) is 20.1 Å². The smallest absolute Gasteiger partial charge is 0.300 e. The lowest BCUT2D eigenvalue weighted by Crippen LogP contribution is -2.15. The summed E-state index contributed by atoms with van der Waals surface area (Å²) in [4.78, 5) is 9.00. The summed E-state index contributed by atoms with van der Waals surface area (Å²) in [5.74, 6) is -2.33. The summed E-state index contributed by atoms with van der Waals surface area (Å²) in [7, 11) is 3.25. The van der Waals surface area contributed by atoms with E-state index in [9.17, 15) is 0 Å². The molecular weight excluding hydrogens is 164 g/mol.